The highest BCUT2D eigenvalue weighted by atomic mass is 35.5. The van der Waals surface area contributed by atoms with E-state index in [0.717, 1.165) is 0 Å². The molecule has 0 heterocycles. The van der Waals surface area contributed by atoms with Crippen LogP contribution in [0.3, 0.4) is 0 Å². The largest absolute Gasteiger partial charge is 0.490 e. The molecule has 2 N–H and O–H groups in total. The van der Waals surface area contributed by atoms with E-state index in [1.54, 1.807) is 79.7 Å². The third-order valence-corrected chi connectivity index (χ3v) is 6.33. The Balaban J connectivity index is 1.44. The average molecular weight is 611 g/mol. The van der Waals surface area contributed by atoms with Crippen molar-refractivity contribution in [2.75, 3.05) is 11.9 Å². The number of amides is 2. The number of rotatable bonds is 9. The van der Waals surface area contributed by atoms with E-state index in [1.165, 1.54) is 18.3 Å². The summed E-state index contributed by atoms with van der Waals surface area (Å²) in [6.45, 7) is 2.12. The predicted octanol–water partition coefficient (Wildman–Crippen LogP) is 7.28. The van der Waals surface area contributed by atoms with E-state index in [4.69, 9.17) is 44.3 Å². The van der Waals surface area contributed by atoms with Gasteiger partial charge in [0.25, 0.3) is 11.8 Å². The Morgan fingerprint density at radius 3 is 2.27 bits per heavy atom. The Bertz CT molecular complexity index is 1620. The molecule has 4 aromatic carbocycles. The van der Waals surface area contributed by atoms with Gasteiger partial charge in [-0.2, -0.15) is 5.10 Å². The van der Waals surface area contributed by atoms with E-state index in [9.17, 15) is 14.4 Å². The average Bonchev–Trinajstić information content (AvgIpc) is 2.95. The number of anilines is 1. The molecule has 0 saturated heterocycles. The molecule has 0 fully saturated rings. The second-order valence-corrected chi connectivity index (χ2v) is 9.64. The molecule has 208 valence electrons. The number of ether oxygens (including phenoxy) is 2. The van der Waals surface area contributed by atoms with E-state index in [2.05, 4.69) is 15.8 Å². The number of para-hydroxylation sites is 1. The molecule has 4 rings (SSSR count). The molecule has 4 aromatic rings. The zero-order chi connectivity index (χ0) is 29.4. The van der Waals surface area contributed by atoms with Gasteiger partial charge in [0.05, 0.1) is 40.2 Å². The van der Waals surface area contributed by atoms with Gasteiger partial charge in [0.2, 0.25) is 0 Å². The van der Waals surface area contributed by atoms with Crippen LogP contribution in [-0.2, 0) is 0 Å². The third-order valence-electron chi connectivity index (χ3n) is 5.53. The Hall–Kier alpha value is -4.37. The lowest BCUT2D eigenvalue weighted by atomic mass is 10.1. The van der Waals surface area contributed by atoms with Crippen LogP contribution in [0.2, 0.25) is 15.1 Å². The molecule has 0 unspecified atom stereocenters. The summed E-state index contributed by atoms with van der Waals surface area (Å²) in [4.78, 5) is 38.1. The SMILES string of the molecule is CCOc1cc(/C=N\NC(=O)c2ccccc2NC(=O)c2ccc(Cl)cc2Cl)ccc1OC(=O)c1ccc(Cl)cc1. The van der Waals surface area contributed by atoms with Gasteiger partial charge in [-0.05, 0) is 85.3 Å². The van der Waals surface area contributed by atoms with E-state index >= 15 is 0 Å². The second kappa shape index (κ2) is 13.8. The number of hydrogen-bond donors (Lipinski definition) is 2. The predicted molar refractivity (Wildman–Crippen MR) is 160 cm³/mol. The van der Waals surface area contributed by atoms with Gasteiger partial charge in [-0.15, -0.1) is 0 Å². The Morgan fingerprint density at radius 2 is 1.54 bits per heavy atom. The first kappa shape index (κ1) is 29.6. The Labute approximate surface area is 250 Å². The van der Waals surface area contributed by atoms with Gasteiger partial charge in [0, 0.05) is 10.0 Å². The molecule has 0 bridgehead atoms. The molecule has 0 aliphatic heterocycles. The molecule has 8 nitrogen and oxygen atoms in total. The van der Waals surface area contributed by atoms with Crippen molar-refractivity contribution >= 4 is 64.5 Å². The van der Waals surface area contributed by atoms with Crippen molar-refractivity contribution in [3.63, 3.8) is 0 Å². The molecule has 0 radical (unpaired) electrons. The molecule has 0 aromatic heterocycles. The summed E-state index contributed by atoms with van der Waals surface area (Å²) in [5.74, 6) is -1.09. The molecule has 0 aliphatic carbocycles. The third kappa shape index (κ3) is 7.85. The lowest BCUT2D eigenvalue weighted by molar-refractivity contribution is 0.0728. The summed E-state index contributed by atoms with van der Waals surface area (Å²) < 4.78 is 11.1. The van der Waals surface area contributed by atoms with Crippen molar-refractivity contribution in [2.24, 2.45) is 5.10 Å². The van der Waals surface area contributed by atoms with Gasteiger partial charge >= 0.3 is 5.97 Å². The van der Waals surface area contributed by atoms with E-state index in [-0.39, 0.29) is 27.6 Å². The van der Waals surface area contributed by atoms with E-state index in [1.807, 2.05) is 0 Å². The number of esters is 1. The van der Waals surface area contributed by atoms with E-state index < -0.39 is 17.8 Å². The molecule has 0 aliphatic rings. The summed E-state index contributed by atoms with van der Waals surface area (Å²) in [6, 6.07) is 22.1. The zero-order valence-corrected chi connectivity index (χ0v) is 23.8. The van der Waals surface area contributed by atoms with Crippen LogP contribution in [0, 0.1) is 0 Å². The van der Waals surface area contributed by atoms with Crippen LogP contribution in [0.25, 0.3) is 0 Å². The van der Waals surface area contributed by atoms with Crippen molar-refractivity contribution in [2.45, 2.75) is 6.92 Å². The highest BCUT2D eigenvalue weighted by Gasteiger charge is 2.16. The quantitative estimate of drug-likeness (QED) is 0.0897. The Kier molecular flexibility index (Phi) is 9.97. The van der Waals surface area contributed by atoms with Gasteiger partial charge in [-0.1, -0.05) is 46.9 Å². The topological polar surface area (TPSA) is 106 Å². The van der Waals surface area contributed by atoms with Gasteiger partial charge in [0.1, 0.15) is 0 Å². The number of nitrogens with zero attached hydrogens (tertiary/aromatic N) is 1. The summed E-state index contributed by atoms with van der Waals surface area (Å²) >= 11 is 17.9. The minimum Gasteiger partial charge on any atom is -0.490 e. The lowest BCUT2D eigenvalue weighted by Crippen LogP contribution is -2.21. The van der Waals surface area contributed by atoms with Gasteiger partial charge in [0.15, 0.2) is 11.5 Å². The number of carbonyl (C=O) groups excluding carboxylic acids is 3. The van der Waals surface area contributed by atoms with Crippen molar-refractivity contribution in [3.05, 3.63) is 122 Å². The number of benzene rings is 4. The van der Waals surface area contributed by atoms with Crippen molar-refractivity contribution < 1.29 is 23.9 Å². The first-order valence-electron chi connectivity index (χ1n) is 12.2. The molecular weight excluding hydrogens is 589 g/mol. The van der Waals surface area contributed by atoms with Crippen molar-refractivity contribution in [1.29, 1.82) is 0 Å². The summed E-state index contributed by atoms with van der Waals surface area (Å²) in [7, 11) is 0. The summed E-state index contributed by atoms with van der Waals surface area (Å²) in [5.41, 5.74) is 4.00. The normalized spacial score (nSPS) is 10.7. The van der Waals surface area contributed by atoms with Crippen LogP contribution in [0.1, 0.15) is 43.6 Å². The number of hydrazone groups is 1. The Morgan fingerprint density at radius 1 is 0.805 bits per heavy atom. The van der Waals surface area contributed by atoms with Gasteiger partial charge < -0.3 is 14.8 Å². The highest BCUT2D eigenvalue weighted by Crippen LogP contribution is 2.29. The smallest absolute Gasteiger partial charge is 0.343 e. The van der Waals surface area contributed by atoms with Gasteiger partial charge in [-0.3, -0.25) is 9.59 Å². The van der Waals surface area contributed by atoms with Crippen LogP contribution in [-0.4, -0.2) is 30.6 Å². The van der Waals surface area contributed by atoms with Crippen LogP contribution < -0.4 is 20.2 Å². The lowest BCUT2D eigenvalue weighted by Gasteiger charge is -2.12. The van der Waals surface area contributed by atoms with Crippen molar-refractivity contribution in [3.8, 4) is 11.5 Å². The maximum Gasteiger partial charge on any atom is 0.343 e. The fourth-order valence-electron chi connectivity index (χ4n) is 3.58. The molecule has 41 heavy (non-hydrogen) atoms. The van der Waals surface area contributed by atoms with Crippen LogP contribution >= 0.6 is 34.8 Å². The number of hydrogen-bond acceptors (Lipinski definition) is 6. The standard InChI is InChI=1S/C30H22Cl3N3O5/c1-2-40-27-15-18(7-14-26(27)41-30(39)19-8-10-20(31)11-9-19)17-34-36-29(38)23-5-3-4-6-25(23)35-28(37)22-13-12-21(32)16-24(22)33/h3-17H,2H2,1H3,(H,35,37)(H,36,38)/b34-17-. The molecule has 0 saturated carbocycles. The number of nitrogens with one attached hydrogen (secondary N) is 2. The van der Waals surface area contributed by atoms with Crippen LogP contribution in [0.15, 0.2) is 90.0 Å². The molecule has 2 amide bonds. The summed E-state index contributed by atoms with van der Waals surface area (Å²) in [6.07, 6.45) is 1.40. The minimum absolute atomic E-state index is 0.179. The highest BCUT2D eigenvalue weighted by molar-refractivity contribution is 6.37. The number of halogens is 3. The van der Waals surface area contributed by atoms with Crippen molar-refractivity contribution in [1.82, 2.24) is 5.43 Å². The number of carbonyl (C=O) groups is 3. The maximum absolute atomic E-state index is 12.9. The second-order valence-electron chi connectivity index (χ2n) is 8.36. The molecule has 11 heteroatoms. The monoisotopic (exact) mass is 609 g/mol. The molecule has 0 atom stereocenters. The minimum atomic E-state index is -0.569. The van der Waals surface area contributed by atoms with Crippen LogP contribution in [0.4, 0.5) is 5.69 Å². The summed E-state index contributed by atoms with van der Waals surface area (Å²) in [5, 5.41) is 7.79. The van der Waals surface area contributed by atoms with Gasteiger partial charge in [-0.25, -0.2) is 10.2 Å². The first-order chi connectivity index (χ1) is 19.7. The fraction of sp³-hybridized carbons (Fsp3) is 0.0667. The van der Waals surface area contributed by atoms with Crippen LogP contribution in [0.5, 0.6) is 11.5 Å². The first-order valence-corrected chi connectivity index (χ1v) is 13.3. The zero-order valence-electron chi connectivity index (χ0n) is 21.5. The molecule has 0 spiro atoms. The van der Waals surface area contributed by atoms with E-state index in [0.29, 0.717) is 33.5 Å². The fourth-order valence-corrected chi connectivity index (χ4v) is 4.20. The molecular formula is C30H22Cl3N3O5. The maximum atomic E-state index is 12.9.